The van der Waals surface area contributed by atoms with Crippen LogP contribution in [0.1, 0.15) is 6.42 Å². The third-order valence-electron chi connectivity index (χ3n) is 2.16. The Morgan fingerprint density at radius 3 is 2.89 bits per heavy atom. The van der Waals surface area contributed by atoms with Gasteiger partial charge in [0.15, 0.2) is 11.6 Å². The summed E-state index contributed by atoms with van der Waals surface area (Å²) in [5, 5.41) is 5.65. The fourth-order valence-corrected chi connectivity index (χ4v) is 1.24. The van der Waals surface area contributed by atoms with Gasteiger partial charge in [-0.1, -0.05) is 0 Å². The molecule has 1 heterocycles. The van der Waals surface area contributed by atoms with Gasteiger partial charge in [-0.15, -0.1) is 0 Å². The van der Waals surface area contributed by atoms with Crippen molar-refractivity contribution in [3.63, 3.8) is 0 Å². The number of rotatable bonds is 9. The number of ether oxygens (including phenoxy) is 2. The lowest BCUT2D eigenvalue weighted by molar-refractivity contribution is 0.0705. The highest BCUT2D eigenvalue weighted by Crippen LogP contribution is 2.11. The standard InChI is InChI=1S/C11H19FN4O2/c1-13-11-15-8-9(12)10(16-11)14-4-3-5-18-7-6-17-2/h8H,3-7H2,1-2H3,(H2,13,14,15,16). The molecule has 102 valence electrons. The third-order valence-corrected chi connectivity index (χ3v) is 2.16. The highest BCUT2D eigenvalue weighted by Gasteiger charge is 2.04. The molecule has 7 heteroatoms. The van der Waals surface area contributed by atoms with E-state index in [4.69, 9.17) is 9.47 Å². The van der Waals surface area contributed by atoms with Gasteiger partial charge in [0.2, 0.25) is 5.95 Å². The minimum atomic E-state index is -0.464. The van der Waals surface area contributed by atoms with Crippen molar-refractivity contribution < 1.29 is 13.9 Å². The van der Waals surface area contributed by atoms with E-state index in [9.17, 15) is 4.39 Å². The van der Waals surface area contributed by atoms with Gasteiger partial charge in [0, 0.05) is 27.3 Å². The van der Waals surface area contributed by atoms with Crippen molar-refractivity contribution >= 4 is 11.8 Å². The Bertz CT molecular complexity index is 352. The molecule has 0 radical (unpaired) electrons. The molecular weight excluding hydrogens is 239 g/mol. The summed E-state index contributed by atoms with van der Waals surface area (Å²) in [5.41, 5.74) is 0. The molecule has 0 spiro atoms. The van der Waals surface area contributed by atoms with Gasteiger partial charge in [-0.25, -0.2) is 9.37 Å². The van der Waals surface area contributed by atoms with Crippen LogP contribution in [-0.2, 0) is 9.47 Å². The second-order valence-electron chi connectivity index (χ2n) is 3.53. The van der Waals surface area contributed by atoms with Crippen molar-refractivity contribution in [3.05, 3.63) is 12.0 Å². The molecule has 1 rings (SSSR count). The molecule has 6 nitrogen and oxygen atoms in total. The number of halogens is 1. The molecule has 2 N–H and O–H groups in total. The summed E-state index contributed by atoms with van der Waals surface area (Å²) < 4.78 is 23.4. The highest BCUT2D eigenvalue weighted by atomic mass is 19.1. The molecule has 0 unspecified atom stereocenters. The molecule has 0 bridgehead atoms. The Morgan fingerprint density at radius 2 is 2.17 bits per heavy atom. The second kappa shape index (κ2) is 8.60. The molecule has 1 aromatic heterocycles. The normalized spacial score (nSPS) is 10.4. The van der Waals surface area contributed by atoms with Crippen LogP contribution in [0.5, 0.6) is 0 Å². The SMILES string of the molecule is CNc1ncc(F)c(NCCCOCCOC)n1. The summed E-state index contributed by atoms with van der Waals surface area (Å²) in [6, 6.07) is 0. The van der Waals surface area contributed by atoms with Crippen LogP contribution >= 0.6 is 0 Å². The largest absolute Gasteiger partial charge is 0.382 e. The molecule has 0 aromatic carbocycles. The van der Waals surface area contributed by atoms with Crippen LogP contribution in [0.2, 0.25) is 0 Å². The molecule has 18 heavy (non-hydrogen) atoms. The molecule has 0 fully saturated rings. The number of methoxy groups -OCH3 is 1. The summed E-state index contributed by atoms with van der Waals surface area (Å²) in [7, 11) is 3.31. The average molecular weight is 258 g/mol. The number of nitrogens with zero attached hydrogens (tertiary/aromatic N) is 2. The van der Waals surface area contributed by atoms with E-state index in [-0.39, 0.29) is 5.82 Å². The number of hydrogen-bond acceptors (Lipinski definition) is 6. The highest BCUT2D eigenvalue weighted by molar-refractivity contribution is 5.40. The van der Waals surface area contributed by atoms with Gasteiger partial charge in [-0.3, -0.25) is 0 Å². The zero-order chi connectivity index (χ0) is 13.2. The molecule has 0 aliphatic heterocycles. The summed E-state index contributed by atoms with van der Waals surface area (Å²) >= 11 is 0. The number of aromatic nitrogens is 2. The van der Waals surface area contributed by atoms with Crippen molar-refractivity contribution in [1.82, 2.24) is 9.97 Å². The number of anilines is 2. The van der Waals surface area contributed by atoms with Gasteiger partial charge in [0.1, 0.15) is 0 Å². The maximum absolute atomic E-state index is 13.3. The molecule has 0 aliphatic rings. The predicted molar refractivity (Wildman–Crippen MR) is 67.3 cm³/mol. The van der Waals surface area contributed by atoms with E-state index in [0.717, 1.165) is 12.6 Å². The maximum Gasteiger partial charge on any atom is 0.224 e. The molecule has 0 atom stereocenters. The van der Waals surface area contributed by atoms with Crippen molar-refractivity contribution in [2.45, 2.75) is 6.42 Å². The molecule has 0 saturated carbocycles. The second-order valence-corrected chi connectivity index (χ2v) is 3.53. The zero-order valence-corrected chi connectivity index (χ0v) is 10.7. The maximum atomic E-state index is 13.3. The first-order valence-electron chi connectivity index (χ1n) is 5.78. The van der Waals surface area contributed by atoms with Gasteiger partial charge in [-0.2, -0.15) is 4.98 Å². The van der Waals surface area contributed by atoms with E-state index >= 15 is 0 Å². The number of hydrogen-bond donors (Lipinski definition) is 2. The van der Waals surface area contributed by atoms with Gasteiger partial charge < -0.3 is 20.1 Å². The summed E-state index contributed by atoms with van der Waals surface area (Å²) in [4.78, 5) is 7.73. The van der Waals surface area contributed by atoms with Crippen LogP contribution in [0.3, 0.4) is 0 Å². The molecule has 0 aliphatic carbocycles. The van der Waals surface area contributed by atoms with Gasteiger partial charge in [-0.05, 0) is 6.42 Å². The first-order valence-corrected chi connectivity index (χ1v) is 5.78. The van der Waals surface area contributed by atoms with Gasteiger partial charge in [0.05, 0.1) is 19.4 Å². The van der Waals surface area contributed by atoms with E-state index in [1.807, 2.05) is 0 Å². The van der Waals surface area contributed by atoms with Crippen LogP contribution < -0.4 is 10.6 Å². The lowest BCUT2D eigenvalue weighted by Crippen LogP contribution is -2.11. The number of nitrogens with one attached hydrogen (secondary N) is 2. The molecule has 0 saturated heterocycles. The average Bonchev–Trinajstić information content (AvgIpc) is 2.39. The third kappa shape index (κ3) is 5.24. The predicted octanol–water partition coefficient (Wildman–Crippen LogP) is 1.12. The molecular formula is C11H19FN4O2. The zero-order valence-electron chi connectivity index (χ0n) is 10.7. The first-order chi connectivity index (χ1) is 8.77. The van der Waals surface area contributed by atoms with Gasteiger partial charge in [0.25, 0.3) is 0 Å². The van der Waals surface area contributed by atoms with Crippen LogP contribution in [0.4, 0.5) is 16.2 Å². The quantitative estimate of drug-likeness (QED) is 0.647. The smallest absolute Gasteiger partial charge is 0.224 e. The van der Waals surface area contributed by atoms with E-state index in [1.165, 1.54) is 0 Å². The topological polar surface area (TPSA) is 68.3 Å². The lowest BCUT2D eigenvalue weighted by atomic mass is 10.4. The van der Waals surface area contributed by atoms with Crippen molar-refractivity contribution in [1.29, 1.82) is 0 Å². The van der Waals surface area contributed by atoms with Crippen LogP contribution in [0, 0.1) is 5.82 Å². The van der Waals surface area contributed by atoms with E-state index in [2.05, 4.69) is 20.6 Å². The van der Waals surface area contributed by atoms with E-state index in [1.54, 1.807) is 14.2 Å². The Hall–Kier alpha value is -1.47. The fraction of sp³-hybridized carbons (Fsp3) is 0.636. The van der Waals surface area contributed by atoms with E-state index < -0.39 is 5.82 Å². The van der Waals surface area contributed by atoms with Crippen molar-refractivity contribution in [2.75, 3.05) is 51.2 Å². The molecule has 1 aromatic rings. The Kier molecular flexibility index (Phi) is 6.97. The van der Waals surface area contributed by atoms with Crippen LogP contribution in [0.25, 0.3) is 0 Å². The Balaban J connectivity index is 2.22. The van der Waals surface area contributed by atoms with Crippen LogP contribution in [0.15, 0.2) is 6.20 Å². The summed E-state index contributed by atoms with van der Waals surface area (Å²) in [6.07, 6.45) is 1.90. The molecule has 0 amide bonds. The fourth-order valence-electron chi connectivity index (χ4n) is 1.24. The van der Waals surface area contributed by atoms with Crippen LogP contribution in [-0.4, -0.2) is 50.5 Å². The Labute approximate surface area is 106 Å². The van der Waals surface area contributed by atoms with E-state index in [0.29, 0.717) is 32.3 Å². The van der Waals surface area contributed by atoms with Gasteiger partial charge >= 0.3 is 0 Å². The van der Waals surface area contributed by atoms with Crippen molar-refractivity contribution in [3.8, 4) is 0 Å². The minimum Gasteiger partial charge on any atom is -0.382 e. The minimum absolute atomic E-state index is 0.200. The summed E-state index contributed by atoms with van der Waals surface area (Å²) in [5.74, 6) is 0.121. The van der Waals surface area contributed by atoms with Crippen molar-refractivity contribution in [2.24, 2.45) is 0 Å². The first kappa shape index (κ1) is 14.6. The summed E-state index contributed by atoms with van der Waals surface area (Å²) in [6.45, 7) is 2.34. The lowest BCUT2D eigenvalue weighted by Gasteiger charge is -2.08. The Morgan fingerprint density at radius 1 is 1.33 bits per heavy atom. The monoisotopic (exact) mass is 258 g/mol.